The molecule has 4 N–H and O–H groups in total. The molecule has 0 aromatic rings. The predicted molar refractivity (Wildman–Crippen MR) is 80.5 cm³/mol. The van der Waals surface area contributed by atoms with Gasteiger partial charge in [0, 0.05) is 11.8 Å². The van der Waals surface area contributed by atoms with Crippen LogP contribution in [0.15, 0.2) is 12.2 Å². The molecule has 0 aromatic carbocycles. The Kier molecular flexibility index (Phi) is 3.89. The molecule has 0 spiro atoms. The van der Waals surface area contributed by atoms with Crippen LogP contribution in [0, 0.1) is 11.8 Å². The summed E-state index contributed by atoms with van der Waals surface area (Å²) in [6.07, 6.45) is 1.09. The number of hydrogen-bond donors (Lipinski definition) is 2. The summed E-state index contributed by atoms with van der Waals surface area (Å²) in [5.41, 5.74) is 8.33. The van der Waals surface area contributed by atoms with Crippen molar-refractivity contribution in [2.24, 2.45) is 23.3 Å². The van der Waals surface area contributed by atoms with Crippen LogP contribution in [0.3, 0.4) is 0 Å². The third kappa shape index (κ3) is 2.27. The van der Waals surface area contributed by atoms with Gasteiger partial charge in [-0.2, -0.15) is 13.2 Å². The van der Waals surface area contributed by atoms with Crippen molar-refractivity contribution in [3.8, 4) is 0 Å². The van der Waals surface area contributed by atoms with E-state index < -0.39 is 29.2 Å². The van der Waals surface area contributed by atoms with Crippen LogP contribution in [0.2, 0.25) is 0 Å². The van der Waals surface area contributed by atoms with Crippen LogP contribution in [0.1, 0.15) is 32.6 Å². The van der Waals surface area contributed by atoms with Crippen molar-refractivity contribution < 1.29 is 18.0 Å². The van der Waals surface area contributed by atoms with Gasteiger partial charge in [-0.05, 0) is 38.8 Å². The van der Waals surface area contributed by atoms with Crippen molar-refractivity contribution in [2.45, 2.75) is 55.9 Å². The molecule has 1 aliphatic heterocycles. The monoisotopic (exact) mass is 331 g/mol. The molecule has 3 rings (SSSR count). The highest BCUT2D eigenvalue weighted by Gasteiger charge is 2.70. The van der Waals surface area contributed by atoms with Gasteiger partial charge < -0.3 is 11.5 Å². The number of carbonyl (C=O) groups excluding carboxylic acids is 1. The second-order valence-corrected chi connectivity index (χ2v) is 7.21. The first-order valence-corrected chi connectivity index (χ1v) is 8.25. The number of Topliss-reactive ketones (excluding diaryl/α,β-unsaturated/α-hetero) is 1. The Bertz CT molecular complexity index is 525. The maximum absolute atomic E-state index is 14.3. The number of alkyl halides is 3. The Morgan fingerprint density at radius 2 is 1.83 bits per heavy atom. The minimum atomic E-state index is -4.56. The fraction of sp³-hybridized carbons (Fsp3) is 0.812. The largest absolute Gasteiger partial charge is 0.408 e. The minimum Gasteiger partial charge on any atom is -0.324 e. The van der Waals surface area contributed by atoms with Crippen molar-refractivity contribution in [3.63, 3.8) is 0 Å². The summed E-state index contributed by atoms with van der Waals surface area (Å²) in [6.45, 7) is 2.18. The summed E-state index contributed by atoms with van der Waals surface area (Å²) in [5.74, 6) is -1.44. The third-order valence-electron chi connectivity index (χ3n) is 5.80. The van der Waals surface area contributed by atoms with E-state index in [0.29, 0.717) is 38.8 Å². The Morgan fingerprint density at radius 1 is 1.26 bits per heavy atom. The van der Waals surface area contributed by atoms with Crippen LogP contribution in [0.25, 0.3) is 0 Å². The van der Waals surface area contributed by atoms with Gasteiger partial charge in [-0.3, -0.25) is 9.69 Å². The molecule has 1 saturated heterocycles. The van der Waals surface area contributed by atoms with E-state index in [9.17, 15) is 18.0 Å². The van der Waals surface area contributed by atoms with E-state index in [0.717, 1.165) is 0 Å². The lowest BCUT2D eigenvalue weighted by atomic mass is 9.63. The molecule has 2 aliphatic carbocycles. The van der Waals surface area contributed by atoms with E-state index in [2.05, 4.69) is 0 Å². The molecule has 0 radical (unpaired) electrons. The third-order valence-corrected chi connectivity index (χ3v) is 5.80. The van der Waals surface area contributed by atoms with Crippen molar-refractivity contribution in [3.05, 3.63) is 12.2 Å². The molecule has 2 fully saturated rings. The molecule has 130 valence electrons. The lowest BCUT2D eigenvalue weighted by Gasteiger charge is -2.55. The first-order valence-electron chi connectivity index (χ1n) is 8.25. The molecule has 0 amide bonds. The standard InChI is InChI=1S/C16H24F3N3O/c1-10-6-7-14(21,12(23)11-4-5-11)13(20)15(10,16(17,18)19)22-8-2-3-9-22/h6-7,10-11,13H,2-5,8-9,20-21H2,1H3. The number of rotatable bonds is 3. The summed E-state index contributed by atoms with van der Waals surface area (Å²) in [6, 6.07) is -1.50. The topological polar surface area (TPSA) is 72.3 Å². The Hall–Kier alpha value is -0.920. The fourth-order valence-corrected chi connectivity index (χ4v) is 4.32. The van der Waals surface area contributed by atoms with Crippen LogP contribution in [-0.2, 0) is 4.79 Å². The van der Waals surface area contributed by atoms with Gasteiger partial charge >= 0.3 is 6.18 Å². The van der Waals surface area contributed by atoms with E-state index >= 15 is 0 Å². The van der Waals surface area contributed by atoms with E-state index in [1.807, 2.05) is 0 Å². The number of hydrogen-bond acceptors (Lipinski definition) is 4. The SMILES string of the molecule is CC1C=CC(N)(C(=O)C2CC2)C(N)C1(N1CCCC1)C(F)(F)F. The van der Waals surface area contributed by atoms with Crippen LogP contribution in [0.5, 0.6) is 0 Å². The second kappa shape index (κ2) is 5.29. The highest BCUT2D eigenvalue weighted by Crippen LogP contribution is 2.50. The smallest absolute Gasteiger partial charge is 0.324 e. The van der Waals surface area contributed by atoms with Gasteiger partial charge in [-0.15, -0.1) is 0 Å². The average molecular weight is 331 g/mol. The molecule has 4 nitrogen and oxygen atoms in total. The minimum absolute atomic E-state index is 0.242. The van der Waals surface area contributed by atoms with Crippen molar-refractivity contribution in [2.75, 3.05) is 13.1 Å². The van der Waals surface area contributed by atoms with Crippen LogP contribution in [-0.4, -0.2) is 47.1 Å². The fourth-order valence-electron chi connectivity index (χ4n) is 4.32. The number of halogens is 3. The van der Waals surface area contributed by atoms with Gasteiger partial charge in [-0.25, -0.2) is 0 Å². The predicted octanol–water partition coefficient (Wildman–Crippen LogP) is 1.59. The summed E-state index contributed by atoms with van der Waals surface area (Å²) < 4.78 is 42.8. The normalized spacial score (nSPS) is 42.2. The van der Waals surface area contributed by atoms with E-state index in [1.54, 1.807) is 0 Å². The van der Waals surface area contributed by atoms with Crippen LogP contribution in [0.4, 0.5) is 13.2 Å². The molecule has 4 unspecified atom stereocenters. The summed E-state index contributed by atoms with van der Waals surface area (Å²) >= 11 is 0. The maximum atomic E-state index is 14.3. The van der Waals surface area contributed by atoms with E-state index in [-0.39, 0.29) is 11.7 Å². The average Bonchev–Trinajstić information content (AvgIpc) is 3.18. The molecule has 1 saturated carbocycles. The molecule has 0 bridgehead atoms. The summed E-state index contributed by atoms with van der Waals surface area (Å²) in [4.78, 5) is 14.0. The molecule has 4 atom stereocenters. The van der Waals surface area contributed by atoms with Crippen molar-refractivity contribution >= 4 is 5.78 Å². The first-order chi connectivity index (χ1) is 10.7. The van der Waals surface area contributed by atoms with Crippen LogP contribution < -0.4 is 11.5 Å². The molecular formula is C16H24F3N3O. The number of nitrogens with two attached hydrogens (primary N) is 2. The number of likely N-dealkylation sites (tertiary alicyclic amines) is 1. The van der Waals surface area contributed by atoms with Gasteiger partial charge in [0.2, 0.25) is 0 Å². The summed E-state index contributed by atoms with van der Waals surface area (Å²) in [5, 5.41) is 0. The zero-order chi connectivity index (χ0) is 17.0. The van der Waals surface area contributed by atoms with Crippen LogP contribution >= 0.6 is 0 Å². The molecule has 0 aromatic heterocycles. The Balaban J connectivity index is 2.10. The highest BCUT2D eigenvalue weighted by molar-refractivity contribution is 5.95. The lowest BCUT2D eigenvalue weighted by Crippen LogP contribution is -2.80. The quantitative estimate of drug-likeness (QED) is 0.771. The molecule has 1 heterocycles. The maximum Gasteiger partial charge on any atom is 0.408 e. The van der Waals surface area contributed by atoms with Gasteiger partial charge in [0.15, 0.2) is 5.78 Å². The van der Waals surface area contributed by atoms with Gasteiger partial charge in [0.25, 0.3) is 0 Å². The highest BCUT2D eigenvalue weighted by atomic mass is 19.4. The van der Waals surface area contributed by atoms with Crippen molar-refractivity contribution in [1.29, 1.82) is 0 Å². The number of nitrogens with zero attached hydrogens (tertiary/aromatic N) is 1. The van der Waals surface area contributed by atoms with Gasteiger partial charge in [0.05, 0.1) is 6.04 Å². The van der Waals surface area contributed by atoms with Crippen molar-refractivity contribution in [1.82, 2.24) is 4.90 Å². The Labute approximate surface area is 134 Å². The number of carbonyl (C=O) groups is 1. The van der Waals surface area contributed by atoms with Gasteiger partial charge in [0.1, 0.15) is 11.1 Å². The molecule has 23 heavy (non-hydrogen) atoms. The first kappa shape index (κ1) is 16.9. The second-order valence-electron chi connectivity index (χ2n) is 7.21. The molecule has 3 aliphatic rings. The lowest BCUT2D eigenvalue weighted by molar-refractivity contribution is -0.254. The molecular weight excluding hydrogens is 307 g/mol. The molecule has 7 heteroatoms. The van der Waals surface area contributed by atoms with Gasteiger partial charge in [-0.1, -0.05) is 19.1 Å². The zero-order valence-electron chi connectivity index (χ0n) is 13.3. The van der Waals surface area contributed by atoms with E-state index in [4.69, 9.17) is 11.5 Å². The van der Waals surface area contributed by atoms with E-state index in [1.165, 1.54) is 24.0 Å². The Morgan fingerprint density at radius 3 is 2.30 bits per heavy atom. The summed E-state index contributed by atoms with van der Waals surface area (Å²) in [7, 11) is 0. The zero-order valence-corrected chi connectivity index (χ0v) is 13.3. The number of ketones is 1.